The third-order valence-corrected chi connectivity index (χ3v) is 4.98. The number of hydrogen-bond donors (Lipinski definition) is 2. The molecule has 1 aromatic heterocycles. The zero-order valence-corrected chi connectivity index (χ0v) is 15.7. The van der Waals surface area contributed by atoms with Crippen LogP contribution < -0.4 is 10.6 Å². The lowest BCUT2D eigenvalue weighted by atomic mass is 10.2. The van der Waals surface area contributed by atoms with E-state index in [0.717, 1.165) is 16.9 Å². The van der Waals surface area contributed by atoms with E-state index in [1.54, 1.807) is 12.1 Å². The Bertz CT molecular complexity index is 1020. The third kappa shape index (κ3) is 4.72. The van der Waals surface area contributed by atoms with Gasteiger partial charge in [-0.15, -0.1) is 11.3 Å². The number of amides is 3. The number of esters is 1. The zero-order valence-electron chi connectivity index (χ0n) is 14.9. The van der Waals surface area contributed by atoms with Crippen LogP contribution in [0.15, 0.2) is 54.6 Å². The molecule has 0 aliphatic heterocycles. The van der Waals surface area contributed by atoms with E-state index in [-0.39, 0.29) is 11.4 Å². The van der Waals surface area contributed by atoms with Crippen molar-refractivity contribution in [2.75, 3.05) is 0 Å². The molecule has 3 rings (SSSR count). The average Bonchev–Trinajstić information content (AvgIpc) is 3.13. The smallest absolute Gasteiger partial charge is 0.349 e. The van der Waals surface area contributed by atoms with Crippen molar-refractivity contribution in [3.8, 4) is 0 Å². The summed E-state index contributed by atoms with van der Waals surface area (Å²) < 4.78 is 19.4. The highest BCUT2D eigenvalue weighted by atomic mass is 32.1. The Balaban J connectivity index is 1.53. The normalized spacial score (nSPS) is 11.6. The molecule has 0 fully saturated rings. The number of nitrogens with one attached hydrogen (secondary N) is 2. The van der Waals surface area contributed by atoms with E-state index in [1.807, 2.05) is 30.3 Å². The van der Waals surface area contributed by atoms with Gasteiger partial charge in [0, 0.05) is 16.6 Å². The van der Waals surface area contributed by atoms with E-state index < -0.39 is 29.8 Å². The van der Waals surface area contributed by atoms with Crippen molar-refractivity contribution in [3.05, 3.63) is 70.9 Å². The molecule has 0 unspecified atom stereocenters. The Morgan fingerprint density at radius 2 is 1.86 bits per heavy atom. The lowest BCUT2D eigenvalue weighted by Gasteiger charge is -2.12. The fourth-order valence-corrected chi connectivity index (χ4v) is 3.39. The van der Waals surface area contributed by atoms with Gasteiger partial charge < -0.3 is 10.1 Å². The highest BCUT2D eigenvalue weighted by Crippen LogP contribution is 2.28. The highest BCUT2D eigenvalue weighted by Gasteiger charge is 2.22. The van der Waals surface area contributed by atoms with Crippen LogP contribution in [0.25, 0.3) is 10.1 Å². The number of rotatable bonds is 5. The van der Waals surface area contributed by atoms with Crippen molar-refractivity contribution in [1.29, 1.82) is 0 Å². The van der Waals surface area contributed by atoms with Crippen LogP contribution >= 0.6 is 11.3 Å². The molecule has 6 nitrogen and oxygen atoms in total. The molecular formula is C20H17FN2O4S. The van der Waals surface area contributed by atoms with E-state index >= 15 is 0 Å². The number of thiophene rings is 1. The molecule has 0 saturated carbocycles. The number of benzene rings is 2. The van der Waals surface area contributed by atoms with Gasteiger partial charge in [-0.05, 0) is 30.7 Å². The summed E-state index contributed by atoms with van der Waals surface area (Å²) in [5.41, 5.74) is 0.876. The molecule has 0 radical (unpaired) electrons. The van der Waals surface area contributed by atoms with Gasteiger partial charge in [0.15, 0.2) is 6.10 Å². The van der Waals surface area contributed by atoms with Crippen LogP contribution in [0.2, 0.25) is 0 Å². The van der Waals surface area contributed by atoms with Crippen molar-refractivity contribution in [1.82, 2.24) is 10.6 Å². The monoisotopic (exact) mass is 400 g/mol. The summed E-state index contributed by atoms with van der Waals surface area (Å²) >= 11 is 1.07. The minimum atomic E-state index is -1.19. The molecule has 28 heavy (non-hydrogen) atoms. The summed E-state index contributed by atoms with van der Waals surface area (Å²) in [6.45, 7) is 1.60. The second-order valence-corrected chi connectivity index (χ2v) is 7.05. The Hall–Kier alpha value is -3.26. The molecule has 0 saturated heterocycles. The Labute approximate surface area is 164 Å². The van der Waals surface area contributed by atoms with E-state index in [4.69, 9.17) is 4.74 Å². The van der Waals surface area contributed by atoms with Crippen molar-refractivity contribution in [2.24, 2.45) is 0 Å². The lowest BCUT2D eigenvalue weighted by molar-refractivity contribution is -0.127. The van der Waals surface area contributed by atoms with Crippen LogP contribution in [0.3, 0.4) is 0 Å². The SMILES string of the molecule is C[C@H](OC(=O)c1cc2c(F)cccc2s1)C(=O)NC(=O)NCc1ccccc1. The van der Waals surface area contributed by atoms with Gasteiger partial charge in [-0.1, -0.05) is 36.4 Å². The number of urea groups is 1. The third-order valence-electron chi connectivity index (χ3n) is 3.90. The van der Waals surface area contributed by atoms with Gasteiger partial charge in [0.25, 0.3) is 5.91 Å². The molecule has 1 atom stereocenters. The summed E-state index contributed by atoms with van der Waals surface area (Å²) in [5.74, 6) is -1.95. The first-order valence-corrected chi connectivity index (χ1v) is 9.27. The first-order valence-electron chi connectivity index (χ1n) is 8.45. The molecular weight excluding hydrogens is 383 g/mol. The van der Waals surface area contributed by atoms with Crippen LogP contribution in [-0.4, -0.2) is 24.0 Å². The molecule has 0 spiro atoms. The van der Waals surface area contributed by atoms with Crippen LogP contribution in [0.4, 0.5) is 9.18 Å². The molecule has 144 valence electrons. The van der Waals surface area contributed by atoms with Crippen molar-refractivity contribution >= 4 is 39.3 Å². The number of halogens is 1. The van der Waals surface area contributed by atoms with Gasteiger partial charge in [0.2, 0.25) is 0 Å². The molecule has 3 amide bonds. The summed E-state index contributed by atoms with van der Waals surface area (Å²) in [7, 11) is 0. The Morgan fingerprint density at radius 3 is 2.57 bits per heavy atom. The number of carbonyl (C=O) groups is 3. The summed E-state index contributed by atoms with van der Waals surface area (Å²) in [5, 5.41) is 4.98. The molecule has 0 aliphatic carbocycles. The first kappa shape index (κ1) is 19.5. The maximum Gasteiger partial charge on any atom is 0.349 e. The van der Waals surface area contributed by atoms with E-state index in [2.05, 4.69) is 10.6 Å². The van der Waals surface area contributed by atoms with Crippen LogP contribution in [0.5, 0.6) is 0 Å². The van der Waals surface area contributed by atoms with E-state index in [1.165, 1.54) is 19.1 Å². The van der Waals surface area contributed by atoms with Gasteiger partial charge in [-0.25, -0.2) is 14.0 Å². The molecule has 8 heteroatoms. The Kier molecular flexibility index (Phi) is 6.00. The summed E-state index contributed by atoms with van der Waals surface area (Å²) in [6.07, 6.45) is -1.19. The van der Waals surface area contributed by atoms with Gasteiger partial charge in [-0.3, -0.25) is 10.1 Å². The van der Waals surface area contributed by atoms with Crippen LogP contribution in [0.1, 0.15) is 22.2 Å². The van der Waals surface area contributed by atoms with Gasteiger partial charge in [-0.2, -0.15) is 0 Å². The fourth-order valence-electron chi connectivity index (χ4n) is 2.43. The molecule has 0 bridgehead atoms. The van der Waals surface area contributed by atoms with E-state index in [9.17, 15) is 18.8 Å². The van der Waals surface area contributed by atoms with Gasteiger partial charge in [0.1, 0.15) is 10.7 Å². The number of carbonyl (C=O) groups excluding carboxylic acids is 3. The van der Waals surface area contributed by atoms with Crippen molar-refractivity contribution < 1.29 is 23.5 Å². The minimum absolute atomic E-state index is 0.174. The highest BCUT2D eigenvalue weighted by molar-refractivity contribution is 7.20. The molecule has 2 aromatic carbocycles. The molecule has 0 aliphatic rings. The second kappa shape index (κ2) is 8.62. The lowest BCUT2D eigenvalue weighted by Crippen LogP contribution is -2.44. The van der Waals surface area contributed by atoms with Gasteiger partial charge in [0.05, 0.1) is 0 Å². The summed E-state index contributed by atoms with van der Waals surface area (Å²) in [6, 6.07) is 14.4. The largest absolute Gasteiger partial charge is 0.448 e. The summed E-state index contributed by atoms with van der Waals surface area (Å²) in [4.78, 5) is 36.3. The van der Waals surface area contributed by atoms with Crippen molar-refractivity contribution in [2.45, 2.75) is 19.6 Å². The molecule has 1 heterocycles. The zero-order chi connectivity index (χ0) is 20.1. The standard InChI is InChI=1S/C20H17FN2O4S/c1-12(18(24)23-20(26)22-11-13-6-3-2-4-7-13)27-19(25)17-10-14-15(21)8-5-9-16(14)28-17/h2-10,12H,11H2,1H3,(H2,22,23,24,26)/t12-/m0/s1. The molecule has 2 N–H and O–H groups in total. The number of fused-ring (bicyclic) bond motifs is 1. The number of hydrogen-bond acceptors (Lipinski definition) is 5. The topological polar surface area (TPSA) is 84.5 Å². The molecule has 3 aromatic rings. The van der Waals surface area contributed by atoms with Gasteiger partial charge >= 0.3 is 12.0 Å². The fraction of sp³-hybridized carbons (Fsp3) is 0.150. The maximum absolute atomic E-state index is 13.7. The average molecular weight is 400 g/mol. The maximum atomic E-state index is 13.7. The van der Waals surface area contributed by atoms with E-state index in [0.29, 0.717) is 10.1 Å². The van der Waals surface area contributed by atoms with Crippen molar-refractivity contribution in [3.63, 3.8) is 0 Å². The predicted molar refractivity (Wildman–Crippen MR) is 103 cm³/mol. The predicted octanol–water partition coefficient (Wildman–Crippen LogP) is 3.61. The number of ether oxygens (including phenoxy) is 1. The minimum Gasteiger partial charge on any atom is -0.448 e. The van der Waals surface area contributed by atoms with Crippen LogP contribution in [0, 0.1) is 5.82 Å². The second-order valence-electron chi connectivity index (χ2n) is 5.97. The van der Waals surface area contributed by atoms with Crippen LogP contribution in [-0.2, 0) is 16.1 Å². The number of imide groups is 1. The Morgan fingerprint density at radius 1 is 1.11 bits per heavy atom. The first-order chi connectivity index (χ1) is 13.4. The quantitative estimate of drug-likeness (QED) is 0.641.